The van der Waals surface area contributed by atoms with Gasteiger partial charge in [-0.25, -0.2) is 0 Å². The van der Waals surface area contributed by atoms with E-state index in [0.29, 0.717) is 5.75 Å². The lowest BCUT2D eigenvalue weighted by atomic mass is 9.90. The number of hydrogen-bond acceptors (Lipinski definition) is 2. The molecule has 3 heteroatoms. The van der Waals surface area contributed by atoms with Gasteiger partial charge in [0.1, 0.15) is 5.75 Å². The van der Waals surface area contributed by atoms with Crippen LogP contribution in [0, 0.1) is 5.92 Å². The van der Waals surface area contributed by atoms with Crippen LogP contribution >= 0.6 is 0 Å². The number of aromatic hydroxyl groups is 1. The van der Waals surface area contributed by atoms with E-state index < -0.39 is 5.97 Å². The van der Waals surface area contributed by atoms with Crippen molar-refractivity contribution in [2.75, 3.05) is 0 Å². The molecule has 1 fully saturated rings. The van der Waals surface area contributed by atoms with Gasteiger partial charge in [-0.3, -0.25) is 4.79 Å². The summed E-state index contributed by atoms with van der Waals surface area (Å²) in [7, 11) is 0. The molecule has 0 unspecified atom stereocenters. The summed E-state index contributed by atoms with van der Waals surface area (Å²) in [5.41, 5.74) is 0.928. The molecule has 2 rings (SSSR count). The van der Waals surface area contributed by atoms with Crippen molar-refractivity contribution < 1.29 is 15.0 Å². The normalized spacial score (nSPS) is 15.2. The summed E-state index contributed by atoms with van der Waals surface area (Å²) in [6.07, 6.45) is 7.74. The third-order valence-electron chi connectivity index (χ3n) is 3.31. The molecule has 0 atom stereocenters. The van der Waals surface area contributed by atoms with Crippen LogP contribution in [0.4, 0.5) is 0 Å². The first kappa shape index (κ1) is 15.3. The van der Waals surface area contributed by atoms with Crippen LogP contribution in [0.5, 0.6) is 5.75 Å². The summed E-state index contributed by atoms with van der Waals surface area (Å²) < 4.78 is 0. The van der Waals surface area contributed by atoms with Crippen LogP contribution < -0.4 is 0 Å². The van der Waals surface area contributed by atoms with Gasteiger partial charge in [0.15, 0.2) is 0 Å². The zero-order valence-electron chi connectivity index (χ0n) is 11.2. The third kappa shape index (κ3) is 5.60. The van der Waals surface area contributed by atoms with Crippen LogP contribution in [0.1, 0.15) is 37.7 Å². The largest absolute Gasteiger partial charge is 0.508 e. The molecule has 1 aliphatic rings. The maximum absolute atomic E-state index is 10.4. The molecule has 1 aromatic carbocycles. The maximum Gasteiger partial charge on any atom is 0.306 e. The van der Waals surface area contributed by atoms with E-state index in [4.69, 9.17) is 5.11 Å². The van der Waals surface area contributed by atoms with Gasteiger partial charge < -0.3 is 10.2 Å². The van der Waals surface area contributed by atoms with Crippen LogP contribution in [0.25, 0.3) is 0 Å². The Labute approximate surface area is 114 Å². The molecule has 1 aliphatic carbocycles. The Hall–Kier alpha value is -1.77. The number of phenols is 1. The lowest BCUT2D eigenvalue weighted by Crippen LogP contribution is -2.16. The summed E-state index contributed by atoms with van der Waals surface area (Å²) in [5, 5.41) is 17.7. The molecule has 0 saturated heterocycles. The van der Waals surface area contributed by atoms with E-state index in [1.54, 1.807) is 12.1 Å². The van der Waals surface area contributed by atoms with E-state index in [1.165, 1.54) is 6.42 Å². The van der Waals surface area contributed by atoms with Crippen LogP contribution in [0.15, 0.2) is 36.9 Å². The second-order valence-electron chi connectivity index (χ2n) is 4.79. The van der Waals surface area contributed by atoms with Crippen LogP contribution in [0.2, 0.25) is 0 Å². The Morgan fingerprint density at radius 2 is 1.89 bits per heavy atom. The molecule has 104 valence electrons. The SMILES string of the molecule is C=CCc1ccccc1O.O=C(O)C1CCCCC1. The monoisotopic (exact) mass is 262 g/mol. The van der Waals surface area contributed by atoms with Crippen LogP contribution in [0.3, 0.4) is 0 Å². The van der Waals surface area contributed by atoms with Gasteiger partial charge in [0.05, 0.1) is 5.92 Å². The Kier molecular flexibility index (Phi) is 6.72. The van der Waals surface area contributed by atoms with Crippen molar-refractivity contribution in [3.05, 3.63) is 42.5 Å². The summed E-state index contributed by atoms with van der Waals surface area (Å²) in [6, 6.07) is 7.27. The van der Waals surface area contributed by atoms with E-state index in [2.05, 4.69) is 6.58 Å². The molecule has 3 nitrogen and oxygen atoms in total. The predicted molar refractivity (Wildman–Crippen MR) is 76.2 cm³/mol. The van der Waals surface area contributed by atoms with Gasteiger partial charge in [-0.15, -0.1) is 6.58 Å². The van der Waals surface area contributed by atoms with E-state index in [0.717, 1.165) is 37.7 Å². The second-order valence-corrected chi connectivity index (χ2v) is 4.79. The Bertz CT molecular complexity index is 406. The third-order valence-corrected chi connectivity index (χ3v) is 3.31. The first-order chi connectivity index (χ1) is 9.15. The number of para-hydroxylation sites is 1. The molecular formula is C16H22O3. The molecule has 0 bridgehead atoms. The molecule has 0 heterocycles. The highest BCUT2D eigenvalue weighted by atomic mass is 16.4. The Balaban J connectivity index is 0.000000191. The first-order valence-corrected chi connectivity index (χ1v) is 6.75. The van der Waals surface area contributed by atoms with Gasteiger partial charge in [0, 0.05) is 0 Å². The zero-order valence-corrected chi connectivity index (χ0v) is 11.2. The highest BCUT2D eigenvalue weighted by molar-refractivity contribution is 5.69. The van der Waals surface area contributed by atoms with Crippen molar-refractivity contribution in [1.29, 1.82) is 0 Å². The fourth-order valence-corrected chi connectivity index (χ4v) is 2.19. The molecule has 0 radical (unpaired) electrons. The van der Waals surface area contributed by atoms with Crippen molar-refractivity contribution in [2.45, 2.75) is 38.5 Å². The van der Waals surface area contributed by atoms with Crippen LogP contribution in [-0.2, 0) is 11.2 Å². The number of phenolic OH excluding ortho intramolecular Hbond substituents is 1. The van der Waals surface area contributed by atoms with Crippen molar-refractivity contribution in [1.82, 2.24) is 0 Å². The van der Waals surface area contributed by atoms with Gasteiger partial charge in [-0.1, -0.05) is 43.5 Å². The molecule has 2 N–H and O–H groups in total. The Morgan fingerprint density at radius 3 is 2.37 bits per heavy atom. The molecule has 1 saturated carbocycles. The number of rotatable bonds is 3. The van der Waals surface area contributed by atoms with Gasteiger partial charge in [0.2, 0.25) is 0 Å². The molecule has 19 heavy (non-hydrogen) atoms. The minimum Gasteiger partial charge on any atom is -0.508 e. The molecule has 0 aliphatic heterocycles. The summed E-state index contributed by atoms with van der Waals surface area (Å²) in [5.74, 6) is -0.282. The van der Waals surface area contributed by atoms with E-state index in [1.807, 2.05) is 18.2 Å². The van der Waals surface area contributed by atoms with Crippen LogP contribution in [-0.4, -0.2) is 16.2 Å². The van der Waals surface area contributed by atoms with Crippen molar-refractivity contribution in [3.63, 3.8) is 0 Å². The lowest BCUT2D eigenvalue weighted by molar-refractivity contribution is -0.142. The first-order valence-electron chi connectivity index (χ1n) is 6.75. The fraction of sp³-hybridized carbons (Fsp3) is 0.438. The van der Waals surface area contributed by atoms with Gasteiger partial charge >= 0.3 is 5.97 Å². The summed E-state index contributed by atoms with van der Waals surface area (Å²) in [4.78, 5) is 10.4. The zero-order chi connectivity index (χ0) is 14.1. The Morgan fingerprint density at radius 1 is 1.26 bits per heavy atom. The smallest absolute Gasteiger partial charge is 0.306 e. The number of allylic oxidation sites excluding steroid dienone is 1. The minimum atomic E-state index is -0.602. The van der Waals surface area contributed by atoms with Crippen molar-refractivity contribution >= 4 is 5.97 Å². The van der Waals surface area contributed by atoms with E-state index >= 15 is 0 Å². The standard InChI is InChI=1S/C9H10O.C7H12O2/c1-2-5-8-6-3-4-7-9(8)10;8-7(9)6-4-2-1-3-5-6/h2-4,6-7,10H,1,5H2;6H,1-5H2,(H,8,9). The maximum atomic E-state index is 10.4. The average Bonchev–Trinajstić information content (AvgIpc) is 2.43. The minimum absolute atomic E-state index is 0.0289. The topological polar surface area (TPSA) is 57.5 Å². The quantitative estimate of drug-likeness (QED) is 0.815. The number of carbonyl (C=O) groups is 1. The number of carboxylic acids is 1. The lowest BCUT2D eigenvalue weighted by Gasteiger charge is -2.16. The average molecular weight is 262 g/mol. The van der Waals surface area contributed by atoms with Crippen molar-refractivity contribution in [2.24, 2.45) is 5.92 Å². The fourth-order valence-electron chi connectivity index (χ4n) is 2.19. The number of hydrogen-bond donors (Lipinski definition) is 2. The molecule has 0 aromatic heterocycles. The molecular weight excluding hydrogens is 240 g/mol. The van der Waals surface area contributed by atoms with Gasteiger partial charge in [0.25, 0.3) is 0 Å². The summed E-state index contributed by atoms with van der Waals surface area (Å²) >= 11 is 0. The number of aliphatic carboxylic acids is 1. The van der Waals surface area contributed by atoms with Gasteiger partial charge in [-0.2, -0.15) is 0 Å². The second kappa shape index (κ2) is 8.35. The molecule has 0 amide bonds. The van der Waals surface area contributed by atoms with Gasteiger partial charge in [-0.05, 0) is 30.9 Å². The predicted octanol–water partition coefficient (Wildman–Crippen LogP) is 3.77. The number of benzene rings is 1. The molecule has 0 spiro atoms. The van der Waals surface area contributed by atoms with Crippen molar-refractivity contribution in [3.8, 4) is 5.75 Å². The van der Waals surface area contributed by atoms with E-state index in [-0.39, 0.29) is 5.92 Å². The highest BCUT2D eigenvalue weighted by Gasteiger charge is 2.19. The molecule has 1 aromatic rings. The number of carboxylic acid groups (broad SMARTS) is 1. The summed E-state index contributed by atoms with van der Waals surface area (Å²) in [6.45, 7) is 3.59. The van der Waals surface area contributed by atoms with E-state index in [9.17, 15) is 9.90 Å². The highest BCUT2D eigenvalue weighted by Crippen LogP contribution is 2.23.